The number of nitrogens with zero attached hydrogens (tertiary/aromatic N) is 3. The van der Waals surface area contributed by atoms with Crippen molar-refractivity contribution in [2.24, 2.45) is 11.3 Å². The Bertz CT molecular complexity index is 423. The van der Waals surface area contributed by atoms with E-state index in [1.165, 1.54) is 0 Å². The summed E-state index contributed by atoms with van der Waals surface area (Å²) in [4.78, 5) is 2.11. The molecule has 1 aromatic heterocycles. The number of hydrogen-bond donors (Lipinski definition) is 1. The summed E-state index contributed by atoms with van der Waals surface area (Å²) in [5, 5.41) is 14.9. The van der Waals surface area contributed by atoms with Crippen LogP contribution in [0.1, 0.15) is 45.9 Å². The summed E-state index contributed by atoms with van der Waals surface area (Å²) in [5.74, 6) is 0.432. The van der Waals surface area contributed by atoms with Crippen molar-refractivity contribution in [1.29, 1.82) is 0 Å². The van der Waals surface area contributed by atoms with Gasteiger partial charge in [-0.25, -0.2) is 0 Å². The van der Waals surface area contributed by atoms with Crippen molar-refractivity contribution >= 4 is 15.9 Å². The summed E-state index contributed by atoms with van der Waals surface area (Å²) < 4.78 is 2.80. The summed E-state index contributed by atoms with van der Waals surface area (Å²) in [6.45, 7) is 10.5. The molecular formula is C15H28BrN3O. The lowest BCUT2D eigenvalue weighted by Crippen LogP contribution is -2.23. The number of aliphatic hydroxyl groups excluding tert-OH is 1. The molecule has 1 heterocycles. The van der Waals surface area contributed by atoms with E-state index in [0.717, 1.165) is 29.7 Å². The summed E-state index contributed by atoms with van der Waals surface area (Å²) >= 11 is 3.51. The lowest BCUT2D eigenvalue weighted by atomic mass is 9.78. The molecule has 0 spiro atoms. The number of rotatable bonds is 6. The van der Waals surface area contributed by atoms with Crippen LogP contribution in [0, 0.1) is 11.3 Å². The highest BCUT2D eigenvalue weighted by Gasteiger charge is 2.26. The van der Waals surface area contributed by atoms with Gasteiger partial charge in [0.15, 0.2) is 0 Å². The molecule has 1 N–H and O–H groups in total. The largest absolute Gasteiger partial charge is 0.387 e. The maximum absolute atomic E-state index is 10.6. The molecule has 0 saturated heterocycles. The van der Waals surface area contributed by atoms with Crippen molar-refractivity contribution in [2.45, 2.75) is 46.8 Å². The smallest absolute Gasteiger partial charge is 0.0970 e. The van der Waals surface area contributed by atoms with Crippen LogP contribution in [0.2, 0.25) is 0 Å². The van der Waals surface area contributed by atoms with Crippen molar-refractivity contribution in [3.05, 3.63) is 16.4 Å². The minimum atomic E-state index is -0.483. The number of hydrogen-bond acceptors (Lipinski definition) is 3. The first-order valence-corrected chi connectivity index (χ1v) is 7.96. The maximum Gasteiger partial charge on any atom is 0.0970 e. The zero-order valence-electron chi connectivity index (χ0n) is 13.5. The Morgan fingerprint density at radius 3 is 2.50 bits per heavy atom. The molecule has 0 saturated carbocycles. The monoisotopic (exact) mass is 345 g/mol. The van der Waals surface area contributed by atoms with Crippen LogP contribution in [0.4, 0.5) is 0 Å². The topological polar surface area (TPSA) is 41.3 Å². The number of halogens is 1. The van der Waals surface area contributed by atoms with Crippen molar-refractivity contribution in [3.63, 3.8) is 0 Å². The Kier molecular flexibility index (Phi) is 6.23. The van der Waals surface area contributed by atoms with E-state index in [4.69, 9.17) is 0 Å². The van der Waals surface area contributed by atoms with Crippen LogP contribution < -0.4 is 0 Å². The normalized spacial score (nSPS) is 15.7. The van der Waals surface area contributed by atoms with E-state index < -0.39 is 6.10 Å². The van der Waals surface area contributed by atoms with E-state index in [1.54, 1.807) is 6.20 Å². The minimum absolute atomic E-state index is 0.196. The van der Waals surface area contributed by atoms with Gasteiger partial charge in [-0.05, 0) is 47.8 Å². The maximum atomic E-state index is 10.6. The molecule has 0 bridgehead atoms. The molecule has 2 atom stereocenters. The zero-order chi connectivity index (χ0) is 15.5. The Morgan fingerprint density at radius 1 is 1.40 bits per heavy atom. The van der Waals surface area contributed by atoms with E-state index in [0.29, 0.717) is 5.92 Å². The lowest BCUT2D eigenvalue weighted by Gasteiger charge is -2.29. The molecule has 0 fully saturated rings. The predicted molar refractivity (Wildman–Crippen MR) is 86.7 cm³/mol. The first kappa shape index (κ1) is 17.7. The van der Waals surface area contributed by atoms with Crippen LogP contribution in [0.15, 0.2) is 10.7 Å². The second-order valence-corrected chi connectivity index (χ2v) is 7.78. The minimum Gasteiger partial charge on any atom is -0.387 e. The fraction of sp³-hybridized carbons (Fsp3) is 0.800. The van der Waals surface area contributed by atoms with Crippen LogP contribution in [0.25, 0.3) is 0 Å². The molecule has 0 aromatic carbocycles. The molecule has 116 valence electrons. The first-order chi connectivity index (χ1) is 9.12. The lowest BCUT2D eigenvalue weighted by molar-refractivity contribution is 0.102. The molecule has 1 rings (SSSR count). The summed E-state index contributed by atoms with van der Waals surface area (Å²) in [6.07, 6.45) is 2.04. The van der Waals surface area contributed by atoms with E-state index >= 15 is 0 Å². The first-order valence-electron chi connectivity index (χ1n) is 7.17. The van der Waals surface area contributed by atoms with Crippen molar-refractivity contribution in [3.8, 4) is 0 Å². The van der Waals surface area contributed by atoms with Gasteiger partial charge >= 0.3 is 0 Å². The van der Waals surface area contributed by atoms with Gasteiger partial charge in [-0.2, -0.15) is 5.10 Å². The highest BCUT2D eigenvalue weighted by atomic mass is 79.9. The van der Waals surface area contributed by atoms with Gasteiger partial charge in [0.25, 0.3) is 0 Å². The summed E-state index contributed by atoms with van der Waals surface area (Å²) in [6, 6.07) is 0. The third-order valence-corrected chi connectivity index (χ3v) is 4.57. The second-order valence-electron chi connectivity index (χ2n) is 6.92. The van der Waals surface area contributed by atoms with E-state index in [-0.39, 0.29) is 5.41 Å². The molecule has 5 heteroatoms. The van der Waals surface area contributed by atoms with E-state index in [9.17, 15) is 5.11 Å². The van der Waals surface area contributed by atoms with Crippen molar-refractivity contribution < 1.29 is 5.11 Å². The van der Waals surface area contributed by atoms with Crippen molar-refractivity contribution in [2.75, 3.05) is 20.6 Å². The fourth-order valence-corrected chi connectivity index (χ4v) is 2.54. The molecule has 1 aromatic rings. The van der Waals surface area contributed by atoms with E-state index in [1.807, 2.05) is 18.8 Å². The Morgan fingerprint density at radius 2 is 2.00 bits per heavy atom. The zero-order valence-corrected chi connectivity index (χ0v) is 15.1. The third kappa shape index (κ3) is 4.86. The highest BCUT2D eigenvalue weighted by Crippen LogP contribution is 2.35. The highest BCUT2D eigenvalue weighted by molar-refractivity contribution is 9.10. The molecule has 0 radical (unpaired) electrons. The number of aliphatic hydroxyl groups is 1. The van der Waals surface area contributed by atoms with Gasteiger partial charge in [0.1, 0.15) is 0 Å². The molecule has 0 amide bonds. The molecule has 4 nitrogen and oxygen atoms in total. The molecule has 0 aliphatic carbocycles. The van der Waals surface area contributed by atoms with Gasteiger partial charge in [0.2, 0.25) is 0 Å². The predicted octanol–water partition coefficient (Wildman–Crippen LogP) is 3.31. The van der Waals surface area contributed by atoms with Gasteiger partial charge in [-0.3, -0.25) is 4.68 Å². The van der Waals surface area contributed by atoms with Crippen LogP contribution in [0.5, 0.6) is 0 Å². The molecule has 2 unspecified atom stereocenters. The van der Waals surface area contributed by atoms with Gasteiger partial charge in [0.05, 0.1) is 29.0 Å². The summed E-state index contributed by atoms with van der Waals surface area (Å²) in [5.41, 5.74) is 1.09. The van der Waals surface area contributed by atoms with Crippen LogP contribution >= 0.6 is 15.9 Å². The average Bonchev–Trinajstić information content (AvgIpc) is 2.66. The van der Waals surface area contributed by atoms with E-state index in [2.05, 4.69) is 53.6 Å². The van der Waals surface area contributed by atoms with Crippen LogP contribution in [0.3, 0.4) is 0 Å². The number of likely N-dealkylation sites (N-methyl/N-ethyl adjacent to an activating group) is 1. The SMILES string of the molecule is CC(CC(O)c1c(Br)cnn1CCN(C)C)C(C)(C)C. The quantitative estimate of drug-likeness (QED) is 0.859. The average molecular weight is 346 g/mol. The third-order valence-electron chi connectivity index (χ3n) is 3.96. The summed E-state index contributed by atoms with van der Waals surface area (Å²) in [7, 11) is 4.08. The fourth-order valence-electron chi connectivity index (χ4n) is 1.98. The Hall–Kier alpha value is -0.390. The molecule has 0 aliphatic rings. The standard InChI is InChI=1S/C15H28BrN3O/c1-11(15(2,3)4)9-13(20)14-12(16)10-17-19(14)8-7-18(5)6/h10-11,13,20H,7-9H2,1-6H3. The molecule has 0 aliphatic heterocycles. The van der Waals surface area contributed by atoms with Gasteiger partial charge in [-0.1, -0.05) is 27.7 Å². The Balaban J connectivity index is 2.81. The number of aromatic nitrogens is 2. The van der Waals surface area contributed by atoms with Crippen LogP contribution in [-0.4, -0.2) is 40.4 Å². The second kappa shape index (κ2) is 7.05. The van der Waals surface area contributed by atoms with Gasteiger partial charge in [-0.15, -0.1) is 0 Å². The van der Waals surface area contributed by atoms with Crippen LogP contribution in [-0.2, 0) is 6.54 Å². The molecule has 20 heavy (non-hydrogen) atoms. The Labute approximate surface area is 131 Å². The van der Waals surface area contributed by atoms with Crippen molar-refractivity contribution in [1.82, 2.24) is 14.7 Å². The van der Waals surface area contributed by atoms with Gasteiger partial charge < -0.3 is 10.0 Å². The van der Waals surface area contributed by atoms with Gasteiger partial charge in [0, 0.05) is 6.54 Å². The molecular weight excluding hydrogens is 318 g/mol.